The fourth-order valence-electron chi connectivity index (χ4n) is 2.48. The first-order valence-electron chi connectivity index (χ1n) is 8.00. The number of carbonyl (C=O) groups is 1. The van der Waals surface area contributed by atoms with E-state index in [2.05, 4.69) is 15.3 Å². The molecule has 0 fully saturated rings. The molecule has 0 saturated heterocycles. The molecule has 6 nitrogen and oxygen atoms in total. The van der Waals surface area contributed by atoms with E-state index >= 15 is 0 Å². The molecule has 27 heavy (non-hydrogen) atoms. The zero-order chi connectivity index (χ0) is 19.4. The second-order valence-corrected chi connectivity index (χ2v) is 8.21. The number of para-hydroxylation sites is 1. The lowest BCUT2D eigenvalue weighted by Gasteiger charge is -2.12. The monoisotopic (exact) mass is 401 g/mol. The van der Waals surface area contributed by atoms with E-state index in [9.17, 15) is 13.2 Å². The molecule has 8 heteroatoms. The molecular weight excluding hydrogens is 386 g/mol. The van der Waals surface area contributed by atoms with Gasteiger partial charge in [0.15, 0.2) is 5.69 Å². The quantitative estimate of drug-likeness (QED) is 0.662. The number of aromatic nitrogens is 2. The molecule has 0 unspecified atom stereocenters. The van der Waals surface area contributed by atoms with Gasteiger partial charge in [-0.05, 0) is 23.6 Å². The average molecular weight is 402 g/mol. The molecule has 0 spiro atoms. The van der Waals surface area contributed by atoms with Gasteiger partial charge in [0.05, 0.1) is 11.2 Å². The number of anilines is 1. The molecule has 3 aromatic rings. The molecule has 0 aliphatic heterocycles. The molecule has 2 aromatic carbocycles. The standard InChI is InChI=1S/C19H16ClN3O3S/c1-27(25,26)19-21-12-15(20)17(23-19)18(24)22-16-10-6-5-9-14(16)11-13-7-3-2-4-8-13/h2-10,12H,11H2,1H3,(H,22,24). The molecule has 138 valence electrons. The minimum atomic E-state index is -3.66. The number of carbonyl (C=O) groups excluding carboxylic acids is 1. The summed E-state index contributed by atoms with van der Waals surface area (Å²) in [5.74, 6) is -0.604. The Morgan fingerprint density at radius 2 is 1.74 bits per heavy atom. The Bertz CT molecular complexity index is 1090. The first-order valence-corrected chi connectivity index (χ1v) is 10.3. The van der Waals surface area contributed by atoms with Crippen molar-refractivity contribution in [1.82, 2.24) is 9.97 Å². The minimum Gasteiger partial charge on any atom is -0.320 e. The van der Waals surface area contributed by atoms with Crippen LogP contribution in [-0.2, 0) is 16.3 Å². The van der Waals surface area contributed by atoms with Gasteiger partial charge in [-0.15, -0.1) is 0 Å². The van der Waals surface area contributed by atoms with Crippen LogP contribution in [0.5, 0.6) is 0 Å². The van der Waals surface area contributed by atoms with Crippen molar-refractivity contribution in [2.75, 3.05) is 11.6 Å². The summed E-state index contributed by atoms with van der Waals surface area (Å²) in [7, 11) is -3.66. The number of halogens is 1. The second-order valence-electron chi connectivity index (χ2n) is 5.89. The van der Waals surface area contributed by atoms with Crippen LogP contribution in [0, 0.1) is 0 Å². The number of nitrogens with one attached hydrogen (secondary N) is 1. The zero-order valence-corrected chi connectivity index (χ0v) is 16.0. The van der Waals surface area contributed by atoms with Crippen molar-refractivity contribution in [2.24, 2.45) is 0 Å². The fourth-order valence-corrected chi connectivity index (χ4v) is 3.16. The number of rotatable bonds is 5. The molecule has 1 heterocycles. The Morgan fingerprint density at radius 1 is 1.07 bits per heavy atom. The molecule has 1 aromatic heterocycles. The van der Waals surface area contributed by atoms with E-state index in [1.54, 1.807) is 12.1 Å². The topological polar surface area (TPSA) is 89.0 Å². The van der Waals surface area contributed by atoms with Crippen LogP contribution in [0.3, 0.4) is 0 Å². The lowest BCUT2D eigenvalue weighted by molar-refractivity contribution is 0.102. The predicted molar refractivity (Wildman–Crippen MR) is 104 cm³/mol. The second kappa shape index (κ2) is 7.85. The van der Waals surface area contributed by atoms with Crippen LogP contribution in [0.1, 0.15) is 21.6 Å². The summed E-state index contributed by atoms with van der Waals surface area (Å²) >= 11 is 6.00. The molecular formula is C19H16ClN3O3S. The highest BCUT2D eigenvalue weighted by atomic mass is 35.5. The van der Waals surface area contributed by atoms with Crippen LogP contribution >= 0.6 is 11.6 Å². The molecule has 3 rings (SSSR count). The molecule has 1 amide bonds. The van der Waals surface area contributed by atoms with Gasteiger partial charge in [0.2, 0.25) is 15.0 Å². The van der Waals surface area contributed by atoms with Crippen molar-refractivity contribution < 1.29 is 13.2 Å². The maximum atomic E-state index is 12.6. The third kappa shape index (κ3) is 4.69. The van der Waals surface area contributed by atoms with Gasteiger partial charge in [0.25, 0.3) is 5.91 Å². The summed E-state index contributed by atoms with van der Waals surface area (Å²) in [5, 5.41) is 2.28. The van der Waals surface area contributed by atoms with E-state index in [1.807, 2.05) is 42.5 Å². The Morgan fingerprint density at radius 3 is 2.44 bits per heavy atom. The number of hydrogen-bond acceptors (Lipinski definition) is 5. The smallest absolute Gasteiger partial charge is 0.275 e. The van der Waals surface area contributed by atoms with Crippen LogP contribution < -0.4 is 5.32 Å². The first kappa shape index (κ1) is 19.0. The van der Waals surface area contributed by atoms with E-state index in [-0.39, 0.29) is 10.7 Å². The number of hydrogen-bond donors (Lipinski definition) is 1. The maximum absolute atomic E-state index is 12.6. The normalized spacial score (nSPS) is 11.2. The zero-order valence-electron chi connectivity index (χ0n) is 14.4. The fraction of sp³-hybridized carbons (Fsp3) is 0.105. The lowest BCUT2D eigenvalue weighted by atomic mass is 10.0. The van der Waals surface area contributed by atoms with E-state index in [1.165, 1.54) is 0 Å². The molecule has 0 bridgehead atoms. The highest BCUT2D eigenvalue weighted by molar-refractivity contribution is 7.90. The van der Waals surface area contributed by atoms with Crippen molar-refractivity contribution in [1.29, 1.82) is 0 Å². The van der Waals surface area contributed by atoms with Crippen molar-refractivity contribution in [2.45, 2.75) is 11.6 Å². The highest BCUT2D eigenvalue weighted by Crippen LogP contribution is 2.21. The summed E-state index contributed by atoms with van der Waals surface area (Å²) in [5.41, 5.74) is 2.41. The van der Waals surface area contributed by atoms with Gasteiger partial charge in [-0.3, -0.25) is 4.79 Å². The summed E-state index contributed by atoms with van der Waals surface area (Å²) < 4.78 is 23.3. The molecule has 0 saturated carbocycles. The van der Waals surface area contributed by atoms with Crippen LogP contribution in [0.2, 0.25) is 5.02 Å². The Kier molecular flexibility index (Phi) is 5.53. The van der Waals surface area contributed by atoms with Crippen LogP contribution in [-0.4, -0.2) is 30.5 Å². The van der Waals surface area contributed by atoms with Crippen molar-refractivity contribution in [3.8, 4) is 0 Å². The number of benzene rings is 2. The average Bonchev–Trinajstić information content (AvgIpc) is 2.63. The van der Waals surface area contributed by atoms with Gasteiger partial charge in [0.1, 0.15) is 0 Å². The van der Waals surface area contributed by atoms with Gasteiger partial charge in [-0.2, -0.15) is 0 Å². The molecule has 0 aliphatic rings. The number of sulfone groups is 1. The van der Waals surface area contributed by atoms with E-state index < -0.39 is 20.9 Å². The molecule has 1 N–H and O–H groups in total. The van der Waals surface area contributed by atoms with Gasteiger partial charge < -0.3 is 5.32 Å². The Labute approximate surface area is 162 Å². The predicted octanol–water partition coefficient (Wildman–Crippen LogP) is 3.38. The van der Waals surface area contributed by atoms with Crippen molar-refractivity contribution in [3.05, 3.63) is 82.6 Å². The summed E-state index contributed by atoms with van der Waals surface area (Å²) in [6.45, 7) is 0. The van der Waals surface area contributed by atoms with Crippen LogP contribution in [0.25, 0.3) is 0 Å². The summed E-state index contributed by atoms with van der Waals surface area (Å²) in [4.78, 5) is 20.1. The highest BCUT2D eigenvalue weighted by Gasteiger charge is 2.19. The Balaban J connectivity index is 1.89. The van der Waals surface area contributed by atoms with E-state index in [0.717, 1.165) is 23.6 Å². The number of nitrogens with zero attached hydrogens (tertiary/aromatic N) is 2. The third-order valence-corrected chi connectivity index (χ3v) is 4.91. The summed E-state index contributed by atoms with van der Waals surface area (Å²) in [6.07, 6.45) is 2.70. The van der Waals surface area contributed by atoms with Crippen molar-refractivity contribution >= 4 is 33.0 Å². The maximum Gasteiger partial charge on any atom is 0.275 e. The number of amides is 1. The molecule has 0 atom stereocenters. The lowest BCUT2D eigenvalue weighted by Crippen LogP contribution is -2.18. The van der Waals surface area contributed by atoms with Gasteiger partial charge >= 0.3 is 0 Å². The van der Waals surface area contributed by atoms with E-state index in [4.69, 9.17) is 11.6 Å². The molecule has 0 aliphatic carbocycles. The Hall–Kier alpha value is -2.77. The van der Waals surface area contributed by atoms with Crippen molar-refractivity contribution in [3.63, 3.8) is 0 Å². The van der Waals surface area contributed by atoms with Crippen LogP contribution in [0.4, 0.5) is 5.69 Å². The van der Waals surface area contributed by atoms with Gasteiger partial charge in [-0.1, -0.05) is 60.1 Å². The van der Waals surface area contributed by atoms with Gasteiger partial charge in [0, 0.05) is 11.9 Å². The first-order chi connectivity index (χ1) is 12.8. The van der Waals surface area contributed by atoms with Gasteiger partial charge in [-0.25, -0.2) is 18.4 Å². The largest absolute Gasteiger partial charge is 0.320 e. The van der Waals surface area contributed by atoms with E-state index in [0.29, 0.717) is 12.1 Å². The summed E-state index contributed by atoms with van der Waals surface area (Å²) in [6, 6.07) is 17.2. The minimum absolute atomic E-state index is 0.0274. The molecule has 0 radical (unpaired) electrons. The third-order valence-electron chi connectivity index (χ3n) is 3.77. The SMILES string of the molecule is CS(=O)(=O)c1ncc(Cl)c(C(=O)Nc2ccccc2Cc2ccccc2)n1. The van der Waals surface area contributed by atoms with Crippen LogP contribution in [0.15, 0.2) is 66.0 Å².